The van der Waals surface area contributed by atoms with Gasteiger partial charge in [0.05, 0.1) is 13.7 Å². The monoisotopic (exact) mass is 279 g/mol. The van der Waals surface area contributed by atoms with E-state index in [0.717, 1.165) is 36.6 Å². The van der Waals surface area contributed by atoms with E-state index in [1.165, 1.54) is 12.8 Å². The van der Waals surface area contributed by atoms with Gasteiger partial charge in [-0.2, -0.15) is 0 Å². The number of hydrogen-bond donors (Lipinski definition) is 2. The Morgan fingerprint density at radius 2 is 2.15 bits per heavy atom. The van der Waals surface area contributed by atoms with E-state index in [1.807, 2.05) is 19.1 Å². The van der Waals surface area contributed by atoms with Crippen molar-refractivity contribution in [2.75, 3.05) is 26.9 Å². The molecular weight excluding hydrogens is 254 g/mol. The summed E-state index contributed by atoms with van der Waals surface area (Å²) >= 11 is 0. The lowest BCUT2D eigenvalue weighted by Crippen LogP contribution is -2.24. The molecule has 2 N–H and O–H groups in total. The molecule has 4 nitrogen and oxygen atoms in total. The van der Waals surface area contributed by atoms with Crippen LogP contribution in [0, 0.1) is 5.41 Å². The van der Waals surface area contributed by atoms with E-state index >= 15 is 0 Å². The highest BCUT2D eigenvalue weighted by atomic mass is 16.5. The van der Waals surface area contributed by atoms with Crippen molar-refractivity contribution in [2.24, 2.45) is 5.41 Å². The van der Waals surface area contributed by atoms with Crippen molar-refractivity contribution < 1.29 is 14.6 Å². The summed E-state index contributed by atoms with van der Waals surface area (Å²) in [5.74, 6) is 1.61. The fourth-order valence-corrected chi connectivity index (χ4v) is 2.59. The van der Waals surface area contributed by atoms with E-state index in [4.69, 9.17) is 14.6 Å². The van der Waals surface area contributed by atoms with Gasteiger partial charge in [0.1, 0.15) is 0 Å². The van der Waals surface area contributed by atoms with E-state index in [-0.39, 0.29) is 6.61 Å². The standard InChI is InChI=1S/C16H25NO3/c1-3-20-14-6-4-5-13(15(14)19-2)11-17-12-16(7-8-16)9-10-18/h4-6,17-18H,3,7-12H2,1-2H3. The molecule has 4 heteroatoms. The number of methoxy groups -OCH3 is 1. The molecule has 1 fully saturated rings. The molecule has 1 aromatic carbocycles. The molecule has 1 aromatic rings. The van der Waals surface area contributed by atoms with Gasteiger partial charge in [-0.25, -0.2) is 0 Å². The van der Waals surface area contributed by atoms with Crippen molar-refractivity contribution in [3.63, 3.8) is 0 Å². The number of nitrogens with one attached hydrogen (secondary N) is 1. The second-order valence-electron chi connectivity index (χ2n) is 5.46. The number of ether oxygens (including phenoxy) is 2. The molecule has 0 bridgehead atoms. The van der Waals surface area contributed by atoms with E-state index in [0.29, 0.717) is 12.0 Å². The molecule has 0 atom stereocenters. The number of para-hydroxylation sites is 1. The molecule has 1 aliphatic carbocycles. The summed E-state index contributed by atoms with van der Waals surface area (Å²) < 4.78 is 11.1. The topological polar surface area (TPSA) is 50.7 Å². The molecule has 0 unspecified atom stereocenters. The van der Waals surface area contributed by atoms with Crippen LogP contribution in [0.4, 0.5) is 0 Å². The highest BCUT2D eigenvalue weighted by molar-refractivity contribution is 5.46. The minimum Gasteiger partial charge on any atom is -0.493 e. The van der Waals surface area contributed by atoms with E-state index in [9.17, 15) is 0 Å². The summed E-state index contributed by atoms with van der Waals surface area (Å²) in [6.45, 7) is 4.60. The molecule has 0 heterocycles. The zero-order valence-corrected chi connectivity index (χ0v) is 12.4. The minimum atomic E-state index is 0.283. The van der Waals surface area contributed by atoms with Gasteiger partial charge in [0.15, 0.2) is 11.5 Å². The molecule has 0 aromatic heterocycles. The molecule has 0 spiro atoms. The summed E-state index contributed by atoms with van der Waals surface area (Å²) in [4.78, 5) is 0. The fourth-order valence-electron chi connectivity index (χ4n) is 2.59. The van der Waals surface area contributed by atoms with Crippen LogP contribution in [-0.2, 0) is 6.54 Å². The molecule has 0 saturated heterocycles. The van der Waals surface area contributed by atoms with Crippen LogP contribution >= 0.6 is 0 Å². The van der Waals surface area contributed by atoms with Gasteiger partial charge in [-0.1, -0.05) is 12.1 Å². The van der Waals surface area contributed by atoms with E-state index in [1.54, 1.807) is 7.11 Å². The average molecular weight is 279 g/mol. The van der Waals surface area contributed by atoms with Crippen LogP contribution in [0.15, 0.2) is 18.2 Å². The fraction of sp³-hybridized carbons (Fsp3) is 0.625. The van der Waals surface area contributed by atoms with Gasteiger partial charge in [-0.3, -0.25) is 0 Å². The van der Waals surface area contributed by atoms with Gasteiger partial charge in [0.25, 0.3) is 0 Å². The third kappa shape index (κ3) is 3.64. The Morgan fingerprint density at radius 3 is 2.75 bits per heavy atom. The molecule has 112 valence electrons. The first kappa shape index (κ1) is 15.1. The lowest BCUT2D eigenvalue weighted by Gasteiger charge is -2.17. The third-order valence-corrected chi connectivity index (χ3v) is 3.98. The predicted octanol–water partition coefficient (Wildman–Crippen LogP) is 2.35. The Balaban J connectivity index is 1.93. The van der Waals surface area contributed by atoms with Crippen LogP contribution in [0.1, 0.15) is 31.7 Å². The van der Waals surface area contributed by atoms with Gasteiger partial charge in [0, 0.05) is 25.3 Å². The molecule has 2 rings (SSSR count). The van der Waals surface area contributed by atoms with Gasteiger partial charge in [-0.05, 0) is 37.7 Å². The summed E-state index contributed by atoms with van der Waals surface area (Å²) in [6, 6.07) is 5.98. The van der Waals surface area contributed by atoms with Crippen LogP contribution in [0.3, 0.4) is 0 Å². The SMILES string of the molecule is CCOc1cccc(CNCC2(CCO)CC2)c1OC. The minimum absolute atomic E-state index is 0.283. The van der Waals surface area contributed by atoms with Crippen molar-refractivity contribution in [3.8, 4) is 11.5 Å². The summed E-state index contributed by atoms with van der Waals surface area (Å²) in [6.07, 6.45) is 3.34. The first-order valence-corrected chi connectivity index (χ1v) is 7.35. The quantitative estimate of drug-likeness (QED) is 0.728. The van der Waals surface area contributed by atoms with E-state index < -0.39 is 0 Å². The van der Waals surface area contributed by atoms with Crippen LogP contribution < -0.4 is 14.8 Å². The Hall–Kier alpha value is -1.26. The second kappa shape index (κ2) is 6.95. The summed E-state index contributed by atoms with van der Waals surface area (Å²) in [5.41, 5.74) is 1.44. The Bertz CT molecular complexity index is 430. The Morgan fingerprint density at radius 1 is 1.35 bits per heavy atom. The average Bonchev–Trinajstić information content (AvgIpc) is 3.20. The lowest BCUT2D eigenvalue weighted by atomic mass is 10.0. The number of benzene rings is 1. The van der Waals surface area contributed by atoms with Crippen molar-refractivity contribution in [1.82, 2.24) is 5.32 Å². The Labute approximate surface area is 121 Å². The predicted molar refractivity (Wildman–Crippen MR) is 79.2 cm³/mol. The van der Waals surface area contributed by atoms with Crippen LogP contribution in [0.5, 0.6) is 11.5 Å². The molecule has 0 amide bonds. The highest BCUT2D eigenvalue weighted by Gasteiger charge is 2.41. The maximum absolute atomic E-state index is 9.07. The maximum Gasteiger partial charge on any atom is 0.165 e. The maximum atomic E-state index is 9.07. The first-order chi connectivity index (χ1) is 9.74. The number of aliphatic hydroxyl groups excluding tert-OH is 1. The molecule has 1 aliphatic rings. The number of hydrogen-bond acceptors (Lipinski definition) is 4. The molecule has 20 heavy (non-hydrogen) atoms. The van der Waals surface area contributed by atoms with Gasteiger partial charge < -0.3 is 19.9 Å². The Kier molecular flexibility index (Phi) is 5.26. The lowest BCUT2D eigenvalue weighted by molar-refractivity contribution is 0.245. The van der Waals surface area contributed by atoms with Crippen molar-refractivity contribution >= 4 is 0 Å². The normalized spacial score (nSPS) is 15.9. The molecule has 0 radical (unpaired) electrons. The third-order valence-electron chi connectivity index (χ3n) is 3.98. The van der Waals surface area contributed by atoms with Crippen molar-refractivity contribution in [2.45, 2.75) is 32.7 Å². The van der Waals surface area contributed by atoms with Crippen LogP contribution in [-0.4, -0.2) is 32.0 Å². The molecule has 1 saturated carbocycles. The van der Waals surface area contributed by atoms with Gasteiger partial charge in [0.2, 0.25) is 0 Å². The zero-order chi connectivity index (χ0) is 14.4. The first-order valence-electron chi connectivity index (χ1n) is 7.35. The van der Waals surface area contributed by atoms with Crippen molar-refractivity contribution in [3.05, 3.63) is 23.8 Å². The van der Waals surface area contributed by atoms with Gasteiger partial charge >= 0.3 is 0 Å². The molecule has 0 aliphatic heterocycles. The molecular formula is C16H25NO3. The summed E-state index contributed by atoms with van der Waals surface area (Å²) in [5, 5.41) is 12.6. The number of rotatable bonds is 9. The van der Waals surface area contributed by atoms with Gasteiger partial charge in [-0.15, -0.1) is 0 Å². The van der Waals surface area contributed by atoms with E-state index in [2.05, 4.69) is 11.4 Å². The zero-order valence-electron chi connectivity index (χ0n) is 12.4. The second-order valence-corrected chi connectivity index (χ2v) is 5.46. The van der Waals surface area contributed by atoms with Crippen LogP contribution in [0.2, 0.25) is 0 Å². The largest absolute Gasteiger partial charge is 0.493 e. The summed E-state index contributed by atoms with van der Waals surface area (Å²) in [7, 11) is 1.68. The van der Waals surface area contributed by atoms with Crippen LogP contribution in [0.25, 0.3) is 0 Å². The van der Waals surface area contributed by atoms with Crippen molar-refractivity contribution in [1.29, 1.82) is 0 Å². The smallest absolute Gasteiger partial charge is 0.165 e. The number of aliphatic hydroxyl groups is 1. The highest BCUT2D eigenvalue weighted by Crippen LogP contribution is 2.48.